The largest absolute Gasteiger partial charge is 0.382 e. The number of halogens is 2. The normalized spacial score (nSPS) is 27.3. The van der Waals surface area contributed by atoms with Gasteiger partial charge in [-0.1, -0.05) is 30.7 Å². The monoisotopic (exact) mass is 284 g/mol. The van der Waals surface area contributed by atoms with Crippen molar-refractivity contribution in [1.29, 1.82) is 0 Å². The average Bonchev–Trinajstić information content (AvgIpc) is 2.38. The number of carbonyl (C=O) groups excluding carboxylic acids is 1. The molecule has 0 aromatic heterocycles. The van der Waals surface area contributed by atoms with Crippen LogP contribution in [0.4, 0.5) is 4.39 Å². The van der Waals surface area contributed by atoms with Crippen LogP contribution in [0, 0.1) is 11.7 Å². The van der Waals surface area contributed by atoms with Gasteiger partial charge in [-0.15, -0.1) is 0 Å². The Morgan fingerprint density at radius 3 is 2.74 bits per heavy atom. The van der Waals surface area contributed by atoms with Gasteiger partial charge in [-0.25, -0.2) is 4.39 Å². The Labute approximate surface area is 117 Å². The van der Waals surface area contributed by atoms with E-state index in [1.54, 1.807) is 6.07 Å². The van der Waals surface area contributed by atoms with Gasteiger partial charge in [0.2, 0.25) is 0 Å². The lowest BCUT2D eigenvalue weighted by molar-refractivity contribution is -0.140. The van der Waals surface area contributed by atoms with Gasteiger partial charge in [0.15, 0.2) is 5.78 Å². The van der Waals surface area contributed by atoms with Gasteiger partial charge in [-0.3, -0.25) is 4.79 Å². The zero-order valence-corrected chi connectivity index (χ0v) is 11.7. The van der Waals surface area contributed by atoms with E-state index in [0.717, 1.165) is 12.8 Å². The number of carbonyl (C=O) groups is 1. The number of hydrogen-bond acceptors (Lipinski definition) is 2. The second-order valence-electron chi connectivity index (χ2n) is 5.53. The van der Waals surface area contributed by atoms with E-state index in [-0.39, 0.29) is 17.2 Å². The maximum Gasteiger partial charge on any atom is 0.168 e. The summed E-state index contributed by atoms with van der Waals surface area (Å²) in [4.78, 5) is 12.2. The molecule has 4 heteroatoms. The Hall–Kier alpha value is -0.930. The number of Topliss-reactive ketones (excluding diaryl/α,β-unsaturated/α-hetero) is 1. The predicted octanol–water partition coefficient (Wildman–Crippen LogP) is 3.53. The molecule has 1 aliphatic carbocycles. The van der Waals surface area contributed by atoms with Crippen LogP contribution in [0.3, 0.4) is 0 Å². The first-order chi connectivity index (χ1) is 8.92. The fourth-order valence-corrected chi connectivity index (χ4v) is 2.73. The zero-order chi connectivity index (χ0) is 14.0. The van der Waals surface area contributed by atoms with Crippen molar-refractivity contribution in [3.8, 4) is 0 Å². The second-order valence-corrected chi connectivity index (χ2v) is 5.90. The number of aliphatic hydroxyl groups is 1. The van der Waals surface area contributed by atoms with E-state index in [1.807, 2.05) is 0 Å². The van der Waals surface area contributed by atoms with Crippen molar-refractivity contribution in [2.45, 2.75) is 44.6 Å². The lowest BCUT2D eigenvalue weighted by Gasteiger charge is -2.33. The van der Waals surface area contributed by atoms with E-state index in [0.29, 0.717) is 24.3 Å². The summed E-state index contributed by atoms with van der Waals surface area (Å²) in [5.41, 5.74) is -0.818. The standard InChI is InChI=1S/C15H18ClFO2/c1-10-5-7-15(19,8-6-10)13(18)9-11-3-2-4-12(17)14(11)16/h2-4,10,19H,5-9H2,1H3. The van der Waals surface area contributed by atoms with E-state index in [4.69, 9.17) is 11.6 Å². The summed E-state index contributed by atoms with van der Waals surface area (Å²) >= 11 is 5.84. The minimum absolute atomic E-state index is 0.0124. The minimum Gasteiger partial charge on any atom is -0.382 e. The molecule has 0 unspecified atom stereocenters. The smallest absolute Gasteiger partial charge is 0.168 e. The van der Waals surface area contributed by atoms with E-state index < -0.39 is 11.4 Å². The average molecular weight is 285 g/mol. The molecular weight excluding hydrogens is 267 g/mol. The molecule has 1 saturated carbocycles. The lowest BCUT2D eigenvalue weighted by Crippen LogP contribution is -2.42. The molecule has 0 saturated heterocycles. The quantitative estimate of drug-likeness (QED) is 0.922. The fraction of sp³-hybridized carbons (Fsp3) is 0.533. The summed E-state index contributed by atoms with van der Waals surface area (Å²) < 4.78 is 13.3. The van der Waals surface area contributed by atoms with Gasteiger partial charge < -0.3 is 5.11 Å². The van der Waals surface area contributed by atoms with Gasteiger partial charge in [0.25, 0.3) is 0 Å². The van der Waals surface area contributed by atoms with Crippen molar-refractivity contribution in [1.82, 2.24) is 0 Å². The van der Waals surface area contributed by atoms with E-state index >= 15 is 0 Å². The molecular formula is C15H18ClFO2. The Morgan fingerprint density at radius 2 is 2.11 bits per heavy atom. The summed E-state index contributed by atoms with van der Waals surface area (Å²) in [6, 6.07) is 4.41. The number of ketones is 1. The molecule has 1 N–H and O–H groups in total. The molecule has 0 aliphatic heterocycles. The van der Waals surface area contributed by atoms with Crippen LogP contribution in [0.2, 0.25) is 5.02 Å². The predicted molar refractivity (Wildman–Crippen MR) is 72.7 cm³/mol. The van der Waals surface area contributed by atoms with Gasteiger partial charge in [-0.05, 0) is 43.2 Å². The van der Waals surface area contributed by atoms with Crippen molar-refractivity contribution in [3.05, 3.63) is 34.6 Å². The maximum absolute atomic E-state index is 13.3. The molecule has 19 heavy (non-hydrogen) atoms. The molecule has 2 rings (SSSR count). The van der Waals surface area contributed by atoms with E-state index in [1.165, 1.54) is 12.1 Å². The fourth-order valence-electron chi connectivity index (χ4n) is 2.54. The zero-order valence-electron chi connectivity index (χ0n) is 11.0. The minimum atomic E-state index is -1.26. The topological polar surface area (TPSA) is 37.3 Å². The number of benzene rings is 1. The van der Waals surface area contributed by atoms with Gasteiger partial charge >= 0.3 is 0 Å². The van der Waals surface area contributed by atoms with Crippen LogP contribution in [0.15, 0.2) is 18.2 Å². The second kappa shape index (κ2) is 5.59. The summed E-state index contributed by atoms with van der Waals surface area (Å²) in [6.07, 6.45) is 2.65. The van der Waals surface area contributed by atoms with Crippen molar-refractivity contribution in [2.24, 2.45) is 5.92 Å². The summed E-state index contributed by atoms with van der Waals surface area (Å²) in [5, 5.41) is 10.4. The molecule has 1 aromatic carbocycles. The number of hydrogen-bond donors (Lipinski definition) is 1. The highest BCUT2D eigenvalue weighted by Crippen LogP contribution is 2.33. The molecule has 104 valence electrons. The van der Waals surface area contributed by atoms with Crippen LogP contribution < -0.4 is 0 Å². The lowest BCUT2D eigenvalue weighted by atomic mass is 9.76. The molecule has 0 spiro atoms. The highest BCUT2D eigenvalue weighted by Gasteiger charge is 2.38. The highest BCUT2D eigenvalue weighted by molar-refractivity contribution is 6.31. The summed E-state index contributed by atoms with van der Waals surface area (Å²) in [7, 11) is 0. The molecule has 0 radical (unpaired) electrons. The third kappa shape index (κ3) is 3.15. The highest BCUT2D eigenvalue weighted by atomic mass is 35.5. The first kappa shape index (κ1) is 14.5. The van der Waals surface area contributed by atoms with E-state index in [2.05, 4.69) is 6.92 Å². The first-order valence-electron chi connectivity index (χ1n) is 6.61. The van der Waals surface area contributed by atoms with Crippen molar-refractivity contribution in [2.75, 3.05) is 0 Å². The van der Waals surface area contributed by atoms with Crippen molar-refractivity contribution >= 4 is 17.4 Å². The third-order valence-electron chi connectivity index (χ3n) is 4.00. The summed E-state index contributed by atoms with van der Waals surface area (Å²) in [6.45, 7) is 2.12. The summed E-state index contributed by atoms with van der Waals surface area (Å²) in [5.74, 6) is -0.242. The van der Waals surface area contributed by atoms with Crippen LogP contribution in [0.5, 0.6) is 0 Å². The number of rotatable bonds is 3. The molecule has 0 amide bonds. The molecule has 1 aliphatic rings. The van der Waals surface area contributed by atoms with Gasteiger partial charge in [-0.2, -0.15) is 0 Å². The first-order valence-corrected chi connectivity index (χ1v) is 6.99. The molecule has 1 fully saturated rings. The molecule has 0 atom stereocenters. The third-order valence-corrected chi connectivity index (χ3v) is 4.43. The van der Waals surface area contributed by atoms with Crippen LogP contribution >= 0.6 is 11.6 Å². The van der Waals surface area contributed by atoms with Crippen LogP contribution in [-0.2, 0) is 11.2 Å². The van der Waals surface area contributed by atoms with Crippen molar-refractivity contribution in [3.63, 3.8) is 0 Å². The van der Waals surface area contributed by atoms with Gasteiger partial charge in [0.1, 0.15) is 11.4 Å². The van der Waals surface area contributed by atoms with Crippen LogP contribution in [0.25, 0.3) is 0 Å². The Balaban J connectivity index is 2.10. The maximum atomic E-state index is 13.3. The van der Waals surface area contributed by atoms with Crippen LogP contribution in [-0.4, -0.2) is 16.5 Å². The van der Waals surface area contributed by atoms with Gasteiger partial charge in [0.05, 0.1) is 5.02 Å². The molecule has 2 nitrogen and oxygen atoms in total. The van der Waals surface area contributed by atoms with Crippen LogP contribution in [0.1, 0.15) is 38.2 Å². The molecule has 1 aromatic rings. The molecule has 0 heterocycles. The Bertz CT molecular complexity index is 479. The molecule has 0 bridgehead atoms. The van der Waals surface area contributed by atoms with Crippen molar-refractivity contribution < 1.29 is 14.3 Å². The van der Waals surface area contributed by atoms with E-state index in [9.17, 15) is 14.3 Å². The SMILES string of the molecule is CC1CCC(O)(C(=O)Cc2cccc(F)c2Cl)CC1. The Morgan fingerprint density at radius 1 is 1.47 bits per heavy atom. The Kier molecular flexibility index (Phi) is 4.26. The van der Waals surface area contributed by atoms with Gasteiger partial charge in [0, 0.05) is 6.42 Å².